The average Bonchev–Trinajstić information content (AvgIpc) is 3.46. The molecule has 38 heavy (non-hydrogen) atoms. The summed E-state index contributed by atoms with van der Waals surface area (Å²) in [5.74, 6) is -1.56. The van der Waals surface area contributed by atoms with E-state index in [1.807, 2.05) is 51.0 Å². The van der Waals surface area contributed by atoms with Crippen LogP contribution < -0.4 is 9.64 Å². The van der Waals surface area contributed by atoms with E-state index in [2.05, 4.69) is 0 Å². The van der Waals surface area contributed by atoms with Crippen LogP contribution in [0.4, 0.5) is 5.69 Å². The molecule has 0 bridgehead atoms. The summed E-state index contributed by atoms with van der Waals surface area (Å²) in [4.78, 5) is 46.9. The first kappa shape index (κ1) is 26.0. The summed E-state index contributed by atoms with van der Waals surface area (Å²) in [6, 6.07) is 12.6. The van der Waals surface area contributed by atoms with E-state index in [1.54, 1.807) is 29.2 Å². The number of amides is 2. The van der Waals surface area contributed by atoms with E-state index in [0.29, 0.717) is 42.7 Å². The highest BCUT2D eigenvalue weighted by molar-refractivity contribution is 6.50. The lowest BCUT2D eigenvalue weighted by atomic mass is 9.81. The monoisotopic (exact) mass is 517 g/mol. The Bertz CT molecular complexity index is 1330. The van der Waals surface area contributed by atoms with E-state index in [4.69, 9.17) is 4.74 Å². The topological polar surface area (TPSA) is 90.4 Å². The quantitative estimate of drug-likeness (QED) is 0.326. The molecule has 2 amide bonds. The average molecular weight is 518 g/mol. The number of hydrogen-bond donors (Lipinski definition) is 1. The van der Waals surface area contributed by atoms with Gasteiger partial charge in [0.1, 0.15) is 17.6 Å². The van der Waals surface area contributed by atoms with Gasteiger partial charge in [0, 0.05) is 30.6 Å². The van der Waals surface area contributed by atoms with Gasteiger partial charge in [-0.25, -0.2) is 0 Å². The fraction of sp³-hybridized carbons (Fsp3) is 0.433. The smallest absolute Gasteiger partial charge is 0.296 e. The second-order valence-electron chi connectivity index (χ2n) is 10.7. The molecule has 0 radical (unpaired) electrons. The summed E-state index contributed by atoms with van der Waals surface area (Å²) in [6.45, 7) is 5.36. The third-order valence-corrected chi connectivity index (χ3v) is 7.70. The number of anilines is 1. The highest BCUT2D eigenvalue weighted by Crippen LogP contribution is 2.53. The number of ether oxygens (including phenoxy) is 1. The minimum atomic E-state index is -1.71. The number of benzene rings is 2. The SMILES string of the molecule is CCCCN1C(=O)[C@]2(C(=C(O)c3ccc4c(c3)C[C@H](C)O4)C(=O)C(=O)N2CCCN(C)C)c2ccccc21. The van der Waals surface area contributed by atoms with Crippen LogP contribution in [0.2, 0.25) is 0 Å². The standard InChI is InChI=1S/C30H35N3O5/c1-5-6-15-32-23-11-8-7-10-22(23)30(29(32)37)25(27(35)28(36)33(30)16-9-14-31(3)4)26(34)20-12-13-24-21(18-20)17-19(2)38-24/h7-8,10-13,18-19,34H,5-6,9,14-17H2,1-4H3/t19-,30+/m0/s1. The third kappa shape index (κ3) is 3.89. The van der Waals surface area contributed by atoms with E-state index in [1.165, 1.54) is 4.90 Å². The van der Waals surface area contributed by atoms with Crippen LogP contribution in [-0.2, 0) is 26.3 Å². The number of para-hydroxylation sites is 1. The van der Waals surface area contributed by atoms with Gasteiger partial charge in [-0.1, -0.05) is 31.5 Å². The van der Waals surface area contributed by atoms with Crippen molar-refractivity contribution >= 4 is 29.0 Å². The van der Waals surface area contributed by atoms with Gasteiger partial charge in [-0.15, -0.1) is 0 Å². The van der Waals surface area contributed by atoms with Crippen molar-refractivity contribution in [1.29, 1.82) is 0 Å². The fourth-order valence-electron chi connectivity index (χ4n) is 5.96. The zero-order valence-electron chi connectivity index (χ0n) is 22.5. The van der Waals surface area contributed by atoms with Crippen LogP contribution in [0.5, 0.6) is 5.75 Å². The van der Waals surface area contributed by atoms with Crippen molar-refractivity contribution in [1.82, 2.24) is 9.80 Å². The van der Waals surface area contributed by atoms with Gasteiger partial charge in [0.2, 0.25) is 0 Å². The molecule has 2 atom stereocenters. The molecule has 3 heterocycles. The number of nitrogens with zero attached hydrogens (tertiary/aromatic N) is 3. The second kappa shape index (κ2) is 9.91. The Balaban J connectivity index is 1.72. The number of aliphatic hydroxyl groups is 1. The molecule has 8 heteroatoms. The maximum Gasteiger partial charge on any atom is 0.296 e. The number of carbonyl (C=O) groups is 3. The summed E-state index contributed by atoms with van der Waals surface area (Å²) in [7, 11) is 3.87. The predicted octanol–water partition coefficient (Wildman–Crippen LogP) is 3.68. The molecule has 1 spiro atoms. The Morgan fingerprint density at radius 1 is 1.11 bits per heavy atom. The molecule has 1 saturated heterocycles. The number of likely N-dealkylation sites (tertiary alicyclic amines) is 1. The van der Waals surface area contributed by atoms with E-state index < -0.39 is 17.2 Å². The van der Waals surface area contributed by atoms with Gasteiger partial charge in [-0.05, 0) is 70.2 Å². The Morgan fingerprint density at radius 2 is 1.87 bits per heavy atom. The minimum absolute atomic E-state index is 0.0127. The first-order valence-corrected chi connectivity index (χ1v) is 13.4. The lowest BCUT2D eigenvalue weighted by Crippen LogP contribution is -2.52. The van der Waals surface area contributed by atoms with E-state index in [-0.39, 0.29) is 29.9 Å². The molecule has 8 nitrogen and oxygen atoms in total. The summed E-state index contributed by atoms with van der Waals surface area (Å²) in [6.07, 6.45) is 2.91. The van der Waals surface area contributed by atoms with Gasteiger partial charge in [-0.3, -0.25) is 14.4 Å². The van der Waals surface area contributed by atoms with Gasteiger partial charge in [0.15, 0.2) is 5.54 Å². The van der Waals surface area contributed by atoms with Crippen LogP contribution >= 0.6 is 0 Å². The Labute approximate surface area is 223 Å². The molecule has 3 aliphatic rings. The van der Waals surface area contributed by atoms with Crippen molar-refractivity contribution in [2.45, 2.75) is 51.2 Å². The number of carbonyl (C=O) groups excluding carboxylic acids is 3. The van der Waals surface area contributed by atoms with Gasteiger partial charge >= 0.3 is 0 Å². The maximum atomic E-state index is 14.5. The molecule has 2 aromatic rings. The van der Waals surface area contributed by atoms with Gasteiger partial charge in [0.25, 0.3) is 17.6 Å². The molecule has 0 unspecified atom stereocenters. The first-order chi connectivity index (χ1) is 18.2. The Kier molecular flexibility index (Phi) is 6.77. The molecule has 1 N–H and O–H groups in total. The lowest BCUT2D eigenvalue weighted by molar-refractivity contribution is -0.143. The van der Waals surface area contributed by atoms with Crippen LogP contribution in [0.3, 0.4) is 0 Å². The van der Waals surface area contributed by atoms with E-state index in [0.717, 1.165) is 24.2 Å². The van der Waals surface area contributed by atoms with E-state index >= 15 is 0 Å². The minimum Gasteiger partial charge on any atom is -0.507 e. The van der Waals surface area contributed by atoms with Crippen molar-refractivity contribution in [2.75, 3.05) is 38.6 Å². The summed E-state index contributed by atoms with van der Waals surface area (Å²) in [5, 5.41) is 11.7. The number of ketones is 1. The predicted molar refractivity (Wildman–Crippen MR) is 145 cm³/mol. The molecule has 0 aromatic heterocycles. The normalized spacial score (nSPS) is 23.5. The van der Waals surface area contributed by atoms with Crippen molar-refractivity contribution in [3.63, 3.8) is 0 Å². The number of unbranched alkanes of at least 4 members (excludes halogenated alkanes) is 1. The summed E-state index contributed by atoms with van der Waals surface area (Å²) in [5.41, 5.74) is 0.675. The van der Waals surface area contributed by atoms with Gasteiger partial charge < -0.3 is 24.5 Å². The second-order valence-corrected chi connectivity index (χ2v) is 10.7. The van der Waals surface area contributed by atoms with Crippen LogP contribution in [0.25, 0.3) is 5.76 Å². The third-order valence-electron chi connectivity index (χ3n) is 7.70. The van der Waals surface area contributed by atoms with E-state index in [9.17, 15) is 19.5 Å². The first-order valence-electron chi connectivity index (χ1n) is 13.4. The number of aliphatic hydroxyl groups excluding tert-OH is 1. The maximum absolute atomic E-state index is 14.5. The fourth-order valence-corrected chi connectivity index (χ4v) is 5.96. The van der Waals surface area contributed by atoms with Crippen LogP contribution in [0.1, 0.15) is 49.8 Å². The molecule has 0 saturated carbocycles. The Hall–Kier alpha value is -3.65. The summed E-state index contributed by atoms with van der Waals surface area (Å²) < 4.78 is 5.80. The van der Waals surface area contributed by atoms with Crippen molar-refractivity contribution in [3.05, 3.63) is 64.7 Å². The highest BCUT2D eigenvalue weighted by Gasteiger charge is 2.66. The highest BCUT2D eigenvalue weighted by atomic mass is 16.5. The van der Waals surface area contributed by atoms with Gasteiger partial charge in [-0.2, -0.15) is 0 Å². The Morgan fingerprint density at radius 3 is 2.61 bits per heavy atom. The molecular formula is C30H35N3O5. The number of hydrogen-bond acceptors (Lipinski definition) is 6. The van der Waals surface area contributed by atoms with Crippen LogP contribution in [-0.4, -0.2) is 72.3 Å². The largest absolute Gasteiger partial charge is 0.507 e. The number of fused-ring (bicyclic) bond motifs is 3. The van der Waals surface area contributed by atoms with Crippen LogP contribution in [0, 0.1) is 0 Å². The molecule has 200 valence electrons. The lowest BCUT2D eigenvalue weighted by Gasteiger charge is -2.35. The van der Waals surface area contributed by atoms with Crippen molar-refractivity contribution < 1.29 is 24.2 Å². The number of rotatable bonds is 8. The van der Waals surface area contributed by atoms with Crippen LogP contribution in [0.15, 0.2) is 48.0 Å². The zero-order chi connectivity index (χ0) is 27.2. The van der Waals surface area contributed by atoms with Crippen molar-refractivity contribution in [3.8, 4) is 5.75 Å². The number of Topliss-reactive ketones (excluding diaryl/α,β-unsaturated/α-hetero) is 1. The molecule has 2 aromatic carbocycles. The molecule has 3 aliphatic heterocycles. The zero-order valence-corrected chi connectivity index (χ0v) is 22.5. The summed E-state index contributed by atoms with van der Waals surface area (Å²) >= 11 is 0. The van der Waals surface area contributed by atoms with Crippen molar-refractivity contribution in [2.24, 2.45) is 0 Å². The molecule has 0 aliphatic carbocycles. The molecular weight excluding hydrogens is 482 g/mol. The molecule has 1 fully saturated rings. The van der Waals surface area contributed by atoms with Gasteiger partial charge in [0.05, 0.1) is 11.3 Å². The molecule has 5 rings (SSSR count).